The molecule has 2 aromatic rings. The molecule has 1 atom stereocenters. The molecule has 3 rings (SSSR count). The minimum atomic E-state index is -0.0706. The molecule has 1 saturated carbocycles. The summed E-state index contributed by atoms with van der Waals surface area (Å²) >= 11 is 1.47. The Kier molecular flexibility index (Phi) is 6.38. The van der Waals surface area contributed by atoms with Crippen molar-refractivity contribution >= 4 is 22.2 Å². The number of nitriles is 1. The topological polar surface area (TPSA) is 65.4 Å². The standard InChI is InChI=1S/C22H27N3O2S/c1-14-16(3)28-22(20(14)11-23)24-21(26)13-25(15(2)18-7-8-18)12-17-5-9-19(27-4)10-6-17/h5-6,9-10,15,18H,7-8,12-13H2,1-4H3,(H,24,26). The van der Waals surface area contributed by atoms with E-state index in [0.29, 0.717) is 35.6 Å². The SMILES string of the molecule is COc1ccc(CN(CC(=O)Nc2sc(C)c(C)c2C#N)C(C)C2CC2)cc1. The molecule has 5 nitrogen and oxygen atoms in total. The Labute approximate surface area is 170 Å². The molecule has 1 aliphatic rings. The second-order valence-corrected chi connectivity index (χ2v) is 8.70. The number of anilines is 1. The molecule has 6 heteroatoms. The van der Waals surface area contributed by atoms with E-state index in [0.717, 1.165) is 21.8 Å². The monoisotopic (exact) mass is 397 g/mol. The van der Waals surface area contributed by atoms with Crippen molar-refractivity contribution in [3.05, 3.63) is 45.8 Å². The molecule has 0 spiro atoms. The number of hydrogen-bond donors (Lipinski definition) is 1. The maximum Gasteiger partial charge on any atom is 0.239 e. The number of aryl methyl sites for hydroxylation is 1. The van der Waals surface area contributed by atoms with Gasteiger partial charge in [0.1, 0.15) is 16.8 Å². The lowest BCUT2D eigenvalue weighted by atomic mass is 10.1. The van der Waals surface area contributed by atoms with E-state index in [-0.39, 0.29) is 5.91 Å². The second-order valence-electron chi connectivity index (χ2n) is 7.48. The van der Waals surface area contributed by atoms with Crippen LogP contribution in [-0.2, 0) is 11.3 Å². The van der Waals surface area contributed by atoms with Gasteiger partial charge in [0, 0.05) is 17.5 Å². The molecular weight excluding hydrogens is 370 g/mol. The molecule has 1 aromatic carbocycles. The molecule has 0 bridgehead atoms. The van der Waals surface area contributed by atoms with Gasteiger partial charge in [-0.3, -0.25) is 9.69 Å². The largest absolute Gasteiger partial charge is 0.497 e. The summed E-state index contributed by atoms with van der Waals surface area (Å²) in [6, 6.07) is 10.5. The summed E-state index contributed by atoms with van der Waals surface area (Å²) in [6.45, 7) is 7.12. The Bertz CT molecular complexity index is 878. The normalized spacial score (nSPS) is 14.6. The second kappa shape index (κ2) is 8.76. The zero-order chi connectivity index (χ0) is 20.3. The number of benzene rings is 1. The number of ether oxygens (including phenoxy) is 1. The highest BCUT2D eigenvalue weighted by Crippen LogP contribution is 2.36. The summed E-state index contributed by atoms with van der Waals surface area (Å²) in [4.78, 5) is 16.1. The fourth-order valence-corrected chi connectivity index (χ4v) is 4.41. The molecule has 0 saturated heterocycles. The first-order valence-corrected chi connectivity index (χ1v) is 10.4. The number of thiophene rings is 1. The lowest BCUT2D eigenvalue weighted by Gasteiger charge is -2.28. The van der Waals surface area contributed by atoms with Gasteiger partial charge in [0.2, 0.25) is 5.91 Å². The Morgan fingerprint density at radius 2 is 2.04 bits per heavy atom. The van der Waals surface area contributed by atoms with Crippen molar-refractivity contribution in [2.24, 2.45) is 5.92 Å². The summed E-state index contributed by atoms with van der Waals surface area (Å²) in [6.07, 6.45) is 2.45. The molecule has 1 N–H and O–H groups in total. The predicted molar refractivity (Wildman–Crippen MR) is 113 cm³/mol. The van der Waals surface area contributed by atoms with Gasteiger partial charge in [-0.2, -0.15) is 5.26 Å². The zero-order valence-corrected chi connectivity index (χ0v) is 17.7. The number of amides is 1. The van der Waals surface area contributed by atoms with Crippen LogP contribution in [0.25, 0.3) is 0 Å². The molecular formula is C22H27N3O2S. The smallest absolute Gasteiger partial charge is 0.239 e. The van der Waals surface area contributed by atoms with Gasteiger partial charge in [-0.15, -0.1) is 11.3 Å². The van der Waals surface area contributed by atoms with Crippen molar-refractivity contribution in [3.63, 3.8) is 0 Å². The van der Waals surface area contributed by atoms with Crippen molar-refractivity contribution in [3.8, 4) is 11.8 Å². The Morgan fingerprint density at radius 3 is 2.61 bits per heavy atom. The quantitative estimate of drug-likeness (QED) is 0.713. The first-order valence-electron chi connectivity index (χ1n) is 9.59. The van der Waals surface area contributed by atoms with Gasteiger partial charge in [-0.1, -0.05) is 12.1 Å². The van der Waals surface area contributed by atoms with Crippen molar-refractivity contribution in [2.75, 3.05) is 19.0 Å². The molecule has 1 amide bonds. The molecule has 1 heterocycles. The van der Waals surface area contributed by atoms with Crippen LogP contribution in [0.3, 0.4) is 0 Å². The van der Waals surface area contributed by atoms with Crippen LogP contribution < -0.4 is 10.1 Å². The third-order valence-corrected chi connectivity index (χ3v) is 6.64. The summed E-state index contributed by atoms with van der Waals surface area (Å²) in [5.41, 5.74) is 2.68. The number of nitrogens with one attached hydrogen (secondary N) is 1. The van der Waals surface area contributed by atoms with Crippen LogP contribution in [0.4, 0.5) is 5.00 Å². The fourth-order valence-electron chi connectivity index (χ4n) is 3.39. The van der Waals surface area contributed by atoms with Gasteiger partial charge < -0.3 is 10.1 Å². The molecule has 1 fully saturated rings. The highest BCUT2D eigenvalue weighted by molar-refractivity contribution is 7.16. The van der Waals surface area contributed by atoms with Gasteiger partial charge in [0.15, 0.2) is 0 Å². The summed E-state index contributed by atoms with van der Waals surface area (Å²) in [5.74, 6) is 1.42. The van der Waals surface area contributed by atoms with Gasteiger partial charge in [0.05, 0.1) is 19.2 Å². The lowest BCUT2D eigenvalue weighted by molar-refractivity contribution is -0.118. The molecule has 1 unspecified atom stereocenters. The Balaban J connectivity index is 1.71. The van der Waals surface area contributed by atoms with E-state index in [1.807, 2.05) is 38.1 Å². The number of methoxy groups -OCH3 is 1. The highest BCUT2D eigenvalue weighted by atomic mass is 32.1. The van der Waals surface area contributed by atoms with E-state index >= 15 is 0 Å². The van der Waals surface area contributed by atoms with Gasteiger partial charge in [0.25, 0.3) is 0 Å². The van der Waals surface area contributed by atoms with Crippen molar-refractivity contribution in [1.29, 1.82) is 5.26 Å². The molecule has 148 valence electrons. The summed E-state index contributed by atoms with van der Waals surface area (Å²) in [5, 5.41) is 13.0. The first-order chi connectivity index (χ1) is 13.4. The van der Waals surface area contributed by atoms with Crippen LogP contribution in [0.5, 0.6) is 5.75 Å². The number of nitrogens with zero attached hydrogens (tertiary/aromatic N) is 2. The van der Waals surface area contributed by atoms with Gasteiger partial charge in [-0.05, 0) is 62.8 Å². The molecule has 0 aliphatic heterocycles. The van der Waals surface area contributed by atoms with E-state index < -0.39 is 0 Å². The lowest BCUT2D eigenvalue weighted by Crippen LogP contribution is -2.40. The Morgan fingerprint density at radius 1 is 1.36 bits per heavy atom. The maximum atomic E-state index is 12.8. The van der Waals surface area contributed by atoms with Crippen molar-refractivity contribution in [1.82, 2.24) is 4.90 Å². The van der Waals surface area contributed by atoms with Crippen LogP contribution in [-0.4, -0.2) is 30.5 Å². The number of rotatable bonds is 8. The van der Waals surface area contributed by atoms with Crippen LogP contribution in [0, 0.1) is 31.1 Å². The number of carbonyl (C=O) groups excluding carboxylic acids is 1. The van der Waals surface area contributed by atoms with E-state index in [9.17, 15) is 10.1 Å². The van der Waals surface area contributed by atoms with Crippen LogP contribution in [0.2, 0.25) is 0 Å². The summed E-state index contributed by atoms with van der Waals surface area (Å²) in [7, 11) is 1.66. The van der Waals surface area contributed by atoms with Crippen molar-refractivity contribution in [2.45, 2.75) is 46.2 Å². The summed E-state index contributed by atoms with van der Waals surface area (Å²) < 4.78 is 5.23. The number of carbonyl (C=O) groups is 1. The first kappa shape index (κ1) is 20.4. The minimum Gasteiger partial charge on any atom is -0.497 e. The fraction of sp³-hybridized carbons (Fsp3) is 0.455. The van der Waals surface area contributed by atoms with Crippen LogP contribution in [0.15, 0.2) is 24.3 Å². The zero-order valence-electron chi connectivity index (χ0n) is 16.9. The third kappa shape index (κ3) is 4.73. The molecule has 1 aliphatic carbocycles. The average molecular weight is 398 g/mol. The van der Waals surface area contributed by atoms with E-state index in [4.69, 9.17) is 4.74 Å². The molecule has 0 radical (unpaired) electrons. The van der Waals surface area contributed by atoms with E-state index in [1.54, 1.807) is 7.11 Å². The Hall–Kier alpha value is -2.36. The van der Waals surface area contributed by atoms with Crippen molar-refractivity contribution < 1.29 is 9.53 Å². The number of hydrogen-bond acceptors (Lipinski definition) is 5. The van der Waals surface area contributed by atoms with E-state index in [1.165, 1.54) is 24.2 Å². The maximum absolute atomic E-state index is 12.8. The predicted octanol–water partition coefficient (Wildman–Crippen LogP) is 4.48. The van der Waals surface area contributed by atoms with Crippen LogP contribution in [0.1, 0.15) is 41.3 Å². The molecule has 1 aromatic heterocycles. The van der Waals surface area contributed by atoms with Gasteiger partial charge >= 0.3 is 0 Å². The van der Waals surface area contributed by atoms with Crippen LogP contribution >= 0.6 is 11.3 Å². The molecule has 28 heavy (non-hydrogen) atoms. The van der Waals surface area contributed by atoms with E-state index in [2.05, 4.69) is 23.2 Å². The average Bonchev–Trinajstić information content (AvgIpc) is 3.49. The highest BCUT2D eigenvalue weighted by Gasteiger charge is 2.33. The van der Waals surface area contributed by atoms with Gasteiger partial charge in [-0.25, -0.2) is 0 Å². The third-order valence-electron chi connectivity index (χ3n) is 5.52. The minimum absolute atomic E-state index is 0.0706.